The molecule has 0 aromatic heterocycles. The van der Waals surface area contributed by atoms with Crippen LogP contribution >= 0.6 is 11.6 Å². The standard InChI is InChI=1S/C11H13ClN2O2S/c1-8(2)11(7-13)14-17(15,16)10-5-3-9(12)4-6-10/h3-6,8,11,14H,1-2H3. The first kappa shape index (κ1) is 14.0. The number of nitrogens with zero attached hydrogens (tertiary/aromatic N) is 1. The van der Waals surface area contributed by atoms with E-state index in [-0.39, 0.29) is 10.8 Å². The molecule has 0 radical (unpaired) electrons. The third kappa shape index (κ3) is 3.70. The van der Waals surface area contributed by atoms with E-state index in [1.807, 2.05) is 6.07 Å². The topological polar surface area (TPSA) is 70.0 Å². The molecule has 0 fully saturated rings. The van der Waals surface area contributed by atoms with Gasteiger partial charge in [0.15, 0.2) is 0 Å². The van der Waals surface area contributed by atoms with E-state index in [1.165, 1.54) is 24.3 Å². The maximum absolute atomic E-state index is 11.9. The Kier molecular flexibility index (Phi) is 4.52. The third-order valence-electron chi connectivity index (χ3n) is 2.21. The Morgan fingerprint density at radius 1 is 1.29 bits per heavy atom. The normalized spacial score (nSPS) is 13.4. The number of nitrogens with one attached hydrogen (secondary N) is 1. The highest BCUT2D eigenvalue weighted by Gasteiger charge is 2.21. The lowest BCUT2D eigenvalue weighted by molar-refractivity contribution is 0.515. The molecule has 1 atom stereocenters. The van der Waals surface area contributed by atoms with Crippen LogP contribution in [0.2, 0.25) is 5.02 Å². The first-order chi connectivity index (χ1) is 7.86. The molecule has 17 heavy (non-hydrogen) atoms. The van der Waals surface area contributed by atoms with E-state index in [2.05, 4.69) is 4.72 Å². The Balaban J connectivity index is 2.97. The Hall–Kier alpha value is -1.09. The lowest BCUT2D eigenvalue weighted by atomic mass is 10.1. The number of sulfonamides is 1. The van der Waals surface area contributed by atoms with E-state index in [1.54, 1.807) is 13.8 Å². The van der Waals surface area contributed by atoms with Crippen LogP contribution in [-0.2, 0) is 10.0 Å². The van der Waals surface area contributed by atoms with Crippen LogP contribution in [0.1, 0.15) is 13.8 Å². The highest BCUT2D eigenvalue weighted by atomic mass is 35.5. The Morgan fingerprint density at radius 3 is 2.24 bits per heavy atom. The monoisotopic (exact) mass is 272 g/mol. The van der Waals surface area contributed by atoms with Gasteiger partial charge in [0, 0.05) is 5.02 Å². The Morgan fingerprint density at radius 2 is 1.82 bits per heavy atom. The van der Waals surface area contributed by atoms with Gasteiger partial charge < -0.3 is 0 Å². The van der Waals surface area contributed by atoms with E-state index in [0.717, 1.165) is 0 Å². The number of hydrogen-bond acceptors (Lipinski definition) is 3. The second kappa shape index (κ2) is 5.50. The molecule has 0 spiro atoms. The van der Waals surface area contributed by atoms with Crippen LogP contribution < -0.4 is 4.72 Å². The molecular weight excluding hydrogens is 260 g/mol. The number of halogens is 1. The third-order valence-corrected chi connectivity index (χ3v) is 3.92. The molecule has 0 aliphatic heterocycles. The van der Waals surface area contributed by atoms with Gasteiger partial charge >= 0.3 is 0 Å². The zero-order chi connectivity index (χ0) is 13.1. The fraction of sp³-hybridized carbons (Fsp3) is 0.364. The quantitative estimate of drug-likeness (QED) is 0.913. The molecule has 6 heteroatoms. The molecule has 0 saturated carbocycles. The van der Waals surface area contributed by atoms with Gasteiger partial charge in [-0.25, -0.2) is 8.42 Å². The van der Waals surface area contributed by atoms with E-state index in [9.17, 15) is 8.42 Å². The lowest BCUT2D eigenvalue weighted by Gasteiger charge is -2.15. The van der Waals surface area contributed by atoms with Crippen molar-refractivity contribution >= 4 is 21.6 Å². The van der Waals surface area contributed by atoms with Gasteiger partial charge in [0.2, 0.25) is 10.0 Å². The van der Waals surface area contributed by atoms with Crippen molar-refractivity contribution in [3.05, 3.63) is 29.3 Å². The van der Waals surface area contributed by atoms with Crippen molar-refractivity contribution < 1.29 is 8.42 Å². The Labute approximate surface area is 106 Å². The van der Waals surface area contributed by atoms with Gasteiger partial charge in [-0.1, -0.05) is 25.4 Å². The number of nitriles is 1. The van der Waals surface area contributed by atoms with E-state index in [0.29, 0.717) is 5.02 Å². The average molecular weight is 273 g/mol. The summed E-state index contributed by atoms with van der Waals surface area (Å²) in [5, 5.41) is 9.32. The van der Waals surface area contributed by atoms with Crippen LogP contribution in [-0.4, -0.2) is 14.5 Å². The maximum atomic E-state index is 11.9. The summed E-state index contributed by atoms with van der Waals surface area (Å²) in [6, 6.07) is 6.97. The molecule has 1 rings (SSSR count). The summed E-state index contributed by atoms with van der Waals surface area (Å²) in [5.74, 6) is -0.0953. The van der Waals surface area contributed by atoms with Gasteiger partial charge in [-0.05, 0) is 30.2 Å². The van der Waals surface area contributed by atoms with Gasteiger partial charge in [-0.2, -0.15) is 9.98 Å². The molecule has 0 heterocycles. The highest BCUT2D eigenvalue weighted by molar-refractivity contribution is 7.89. The molecule has 1 N–H and O–H groups in total. The minimum absolute atomic E-state index is 0.0953. The SMILES string of the molecule is CC(C)C(C#N)NS(=O)(=O)c1ccc(Cl)cc1. The van der Waals surface area contributed by atoms with Gasteiger partial charge in [-0.3, -0.25) is 0 Å². The van der Waals surface area contributed by atoms with Gasteiger partial charge in [-0.15, -0.1) is 0 Å². The molecule has 0 aliphatic carbocycles. The number of benzene rings is 1. The van der Waals surface area contributed by atoms with E-state index in [4.69, 9.17) is 16.9 Å². The second-order valence-corrected chi connectivity index (χ2v) is 6.08. The summed E-state index contributed by atoms with van der Waals surface area (Å²) in [6.07, 6.45) is 0. The first-order valence-corrected chi connectivity index (χ1v) is 6.90. The van der Waals surface area contributed by atoms with E-state index >= 15 is 0 Å². The summed E-state index contributed by atoms with van der Waals surface area (Å²) in [7, 11) is -3.66. The van der Waals surface area contributed by atoms with Crippen molar-refractivity contribution in [1.82, 2.24) is 4.72 Å². The summed E-state index contributed by atoms with van der Waals surface area (Å²) >= 11 is 5.68. The van der Waals surface area contributed by atoms with Crippen molar-refractivity contribution in [2.24, 2.45) is 5.92 Å². The van der Waals surface area contributed by atoms with Crippen LogP contribution in [0, 0.1) is 17.2 Å². The zero-order valence-electron chi connectivity index (χ0n) is 9.51. The van der Waals surface area contributed by atoms with Crippen molar-refractivity contribution in [1.29, 1.82) is 5.26 Å². The van der Waals surface area contributed by atoms with Crippen molar-refractivity contribution in [2.75, 3.05) is 0 Å². The van der Waals surface area contributed by atoms with Gasteiger partial charge in [0.05, 0.1) is 11.0 Å². The van der Waals surface area contributed by atoms with E-state index < -0.39 is 16.1 Å². The van der Waals surface area contributed by atoms with Gasteiger partial charge in [0.1, 0.15) is 6.04 Å². The minimum Gasteiger partial charge on any atom is -0.207 e. The van der Waals surface area contributed by atoms with Crippen molar-refractivity contribution in [3.8, 4) is 6.07 Å². The predicted octanol–water partition coefficient (Wildman–Crippen LogP) is 2.17. The average Bonchev–Trinajstić information content (AvgIpc) is 2.26. The molecule has 0 bridgehead atoms. The molecule has 0 amide bonds. The fourth-order valence-corrected chi connectivity index (χ4v) is 2.58. The Bertz CT molecular complexity index is 517. The molecule has 0 saturated heterocycles. The highest BCUT2D eigenvalue weighted by Crippen LogP contribution is 2.15. The number of rotatable bonds is 4. The summed E-state index contributed by atoms with van der Waals surface area (Å²) < 4.78 is 26.2. The van der Waals surface area contributed by atoms with Crippen LogP contribution in [0.4, 0.5) is 0 Å². The molecule has 1 unspecified atom stereocenters. The van der Waals surface area contributed by atoms with Crippen molar-refractivity contribution in [2.45, 2.75) is 24.8 Å². The van der Waals surface area contributed by atoms with Crippen LogP contribution in [0.3, 0.4) is 0 Å². The molecule has 0 aliphatic rings. The van der Waals surface area contributed by atoms with Crippen molar-refractivity contribution in [3.63, 3.8) is 0 Å². The maximum Gasteiger partial charge on any atom is 0.241 e. The van der Waals surface area contributed by atoms with Crippen LogP contribution in [0.15, 0.2) is 29.2 Å². The lowest BCUT2D eigenvalue weighted by Crippen LogP contribution is -2.37. The van der Waals surface area contributed by atoms with Crippen LogP contribution in [0.25, 0.3) is 0 Å². The molecule has 1 aromatic rings. The largest absolute Gasteiger partial charge is 0.241 e. The molecule has 92 valence electrons. The minimum atomic E-state index is -3.66. The molecule has 4 nitrogen and oxygen atoms in total. The molecule has 1 aromatic carbocycles. The fourth-order valence-electron chi connectivity index (χ4n) is 1.16. The summed E-state index contributed by atoms with van der Waals surface area (Å²) in [5.41, 5.74) is 0. The first-order valence-electron chi connectivity index (χ1n) is 5.04. The zero-order valence-corrected chi connectivity index (χ0v) is 11.1. The summed E-state index contributed by atoms with van der Waals surface area (Å²) in [6.45, 7) is 3.55. The summed E-state index contributed by atoms with van der Waals surface area (Å²) in [4.78, 5) is 0.0998. The smallest absolute Gasteiger partial charge is 0.207 e. The second-order valence-electron chi connectivity index (χ2n) is 3.93. The number of hydrogen-bond donors (Lipinski definition) is 1. The van der Waals surface area contributed by atoms with Gasteiger partial charge in [0.25, 0.3) is 0 Å². The van der Waals surface area contributed by atoms with Crippen LogP contribution in [0.5, 0.6) is 0 Å². The molecular formula is C11H13ClN2O2S. The predicted molar refractivity (Wildman–Crippen MR) is 66.0 cm³/mol.